The van der Waals surface area contributed by atoms with Crippen molar-refractivity contribution in [3.63, 3.8) is 0 Å². The molecule has 3 aromatic rings. The van der Waals surface area contributed by atoms with Crippen molar-refractivity contribution >= 4 is 33.8 Å². The number of thiazole rings is 1. The van der Waals surface area contributed by atoms with Gasteiger partial charge in [0, 0.05) is 24.2 Å². The number of hydrogen-bond acceptors (Lipinski definition) is 6. The molecule has 0 aliphatic carbocycles. The van der Waals surface area contributed by atoms with Crippen LogP contribution in [0.25, 0.3) is 0 Å². The molecule has 0 aliphatic heterocycles. The number of benzene rings is 2. The maximum absolute atomic E-state index is 12.8. The summed E-state index contributed by atoms with van der Waals surface area (Å²) in [5, 5.41) is 6.80. The minimum atomic E-state index is -0.175. The van der Waals surface area contributed by atoms with Crippen molar-refractivity contribution in [2.45, 2.75) is 34.1 Å². The highest BCUT2D eigenvalue weighted by atomic mass is 32.1. The van der Waals surface area contributed by atoms with E-state index < -0.39 is 0 Å². The van der Waals surface area contributed by atoms with Gasteiger partial charge in [-0.2, -0.15) is 0 Å². The molecule has 1 aromatic heterocycles. The lowest BCUT2D eigenvalue weighted by Crippen LogP contribution is -2.13. The summed E-state index contributed by atoms with van der Waals surface area (Å²) in [6, 6.07) is 11.2. The van der Waals surface area contributed by atoms with Gasteiger partial charge in [-0.1, -0.05) is 41.2 Å². The third-order valence-electron chi connectivity index (χ3n) is 4.94. The first kappa shape index (κ1) is 22.5. The van der Waals surface area contributed by atoms with Gasteiger partial charge in [-0.3, -0.25) is 9.59 Å². The molecule has 0 aliphatic rings. The van der Waals surface area contributed by atoms with Crippen LogP contribution in [0.3, 0.4) is 0 Å². The number of ketones is 1. The molecule has 6 nitrogen and oxygen atoms in total. The number of nitrogens with zero attached hydrogens (tertiary/aromatic N) is 1. The van der Waals surface area contributed by atoms with Gasteiger partial charge in [0.2, 0.25) is 0 Å². The third kappa shape index (κ3) is 5.49. The van der Waals surface area contributed by atoms with Gasteiger partial charge < -0.3 is 15.4 Å². The van der Waals surface area contributed by atoms with Crippen LogP contribution in [-0.4, -0.2) is 30.3 Å². The molecule has 0 saturated heterocycles. The minimum Gasteiger partial charge on any atom is -0.497 e. The van der Waals surface area contributed by atoms with Crippen LogP contribution in [-0.2, 0) is 0 Å². The maximum Gasteiger partial charge on any atom is 0.267 e. The quantitative estimate of drug-likeness (QED) is 0.466. The predicted molar refractivity (Wildman–Crippen MR) is 126 cm³/mol. The number of anilines is 2. The second-order valence-corrected chi connectivity index (χ2v) is 8.49. The summed E-state index contributed by atoms with van der Waals surface area (Å²) in [6.07, 6.45) is 0.315. The second-order valence-electron chi connectivity index (χ2n) is 7.49. The number of Topliss-reactive ketones (excluding diaryl/α,β-unsaturated/α-hetero) is 1. The average molecular weight is 438 g/mol. The minimum absolute atomic E-state index is 0.0166. The number of aromatic nitrogens is 1. The van der Waals surface area contributed by atoms with E-state index in [-0.39, 0.29) is 11.7 Å². The van der Waals surface area contributed by atoms with E-state index in [0.717, 1.165) is 22.4 Å². The summed E-state index contributed by atoms with van der Waals surface area (Å²) in [7, 11) is 1.57. The predicted octanol–water partition coefficient (Wildman–Crippen LogP) is 5.32. The fourth-order valence-corrected chi connectivity index (χ4v) is 4.34. The monoisotopic (exact) mass is 437 g/mol. The normalized spacial score (nSPS) is 10.6. The summed E-state index contributed by atoms with van der Waals surface area (Å²) in [6.45, 7) is 8.26. The number of ether oxygens (including phenoxy) is 1. The molecule has 0 unspecified atom stereocenters. The molecule has 31 heavy (non-hydrogen) atoms. The number of nitrogens with one attached hydrogen (secondary N) is 2. The summed E-state index contributed by atoms with van der Waals surface area (Å²) in [5.74, 6) is 0.498. The first-order valence-corrected chi connectivity index (χ1v) is 10.9. The lowest BCUT2D eigenvalue weighted by Gasteiger charge is -2.12. The zero-order valence-electron chi connectivity index (χ0n) is 18.5. The van der Waals surface area contributed by atoms with Crippen molar-refractivity contribution in [2.75, 3.05) is 24.3 Å². The molecule has 0 radical (unpaired) electrons. The Morgan fingerprint density at radius 1 is 1.06 bits per heavy atom. The van der Waals surface area contributed by atoms with Gasteiger partial charge in [0.05, 0.1) is 12.8 Å². The van der Waals surface area contributed by atoms with Gasteiger partial charge in [0.25, 0.3) is 5.91 Å². The zero-order chi connectivity index (χ0) is 22.5. The summed E-state index contributed by atoms with van der Waals surface area (Å²) in [5.41, 5.74) is 5.33. The Labute approximate surface area is 186 Å². The Morgan fingerprint density at radius 3 is 2.45 bits per heavy atom. The number of rotatable bonds is 8. The Hall–Kier alpha value is -3.19. The molecule has 0 spiro atoms. The van der Waals surface area contributed by atoms with Gasteiger partial charge in [0.15, 0.2) is 10.9 Å². The first-order chi connectivity index (χ1) is 14.8. The fourth-order valence-electron chi connectivity index (χ4n) is 3.45. The van der Waals surface area contributed by atoms with Gasteiger partial charge in [-0.05, 0) is 51.0 Å². The van der Waals surface area contributed by atoms with E-state index in [0.29, 0.717) is 40.0 Å². The van der Waals surface area contributed by atoms with Crippen LogP contribution in [0.1, 0.15) is 48.8 Å². The third-order valence-corrected chi connectivity index (χ3v) is 6.05. The van der Waals surface area contributed by atoms with Gasteiger partial charge in [-0.15, -0.1) is 0 Å². The highest BCUT2D eigenvalue weighted by Crippen LogP contribution is 2.27. The van der Waals surface area contributed by atoms with E-state index in [1.807, 2.05) is 27.7 Å². The second kappa shape index (κ2) is 9.75. The largest absolute Gasteiger partial charge is 0.497 e. The molecule has 0 fully saturated rings. The maximum atomic E-state index is 12.8. The highest BCUT2D eigenvalue weighted by molar-refractivity contribution is 7.17. The Morgan fingerprint density at radius 2 is 1.77 bits per heavy atom. The van der Waals surface area contributed by atoms with E-state index in [2.05, 4.69) is 27.8 Å². The Kier molecular flexibility index (Phi) is 7.07. The molecular weight excluding hydrogens is 410 g/mol. The van der Waals surface area contributed by atoms with Crippen LogP contribution in [0, 0.1) is 27.7 Å². The molecular formula is C24H27N3O3S. The number of carbonyl (C=O) groups excluding carboxylic acids is 2. The van der Waals surface area contributed by atoms with Crippen LogP contribution in [0.4, 0.5) is 10.8 Å². The summed E-state index contributed by atoms with van der Waals surface area (Å²) < 4.78 is 5.17. The van der Waals surface area contributed by atoms with Crippen molar-refractivity contribution in [3.05, 3.63) is 69.2 Å². The van der Waals surface area contributed by atoms with E-state index in [1.54, 1.807) is 31.4 Å². The average Bonchev–Trinajstić information content (AvgIpc) is 3.11. The molecule has 3 rings (SSSR count). The SMILES string of the molecule is COc1cccc(C(=O)CCNc2nc(C)c(C(=O)Nc3c(C)cc(C)cc3C)s2)c1. The van der Waals surface area contributed by atoms with Crippen LogP contribution in [0.5, 0.6) is 5.75 Å². The molecule has 0 bridgehead atoms. The molecule has 0 saturated carbocycles. The van der Waals surface area contributed by atoms with Crippen LogP contribution < -0.4 is 15.4 Å². The molecule has 2 aromatic carbocycles. The van der Waals surface area contributed by atoms with Gasteiger partial charge in [-0.25, -0.2) is 4.98 Å². The van der Waals surface area contributed by atoms with Crippen molar-refractivity contribution in [1.29, 1.82) is 0 Å². The van der Waals surface area contributed by atoms with Crippen LogP contribution in [0.2, 0.25) is 0 Å². The fraction of sp³-hybridized carbons (Fsp3) is 0.292. The molecule has 1 amide bonds. The number of hydrogen-bond donors (Lipinski definition) is 2. The lowest BCUT2D eigenvalue weighted by atomic mass is 10.1. The van der Waals surface area contributed by atoms with Gasteiger partial charge >= 0.3 is 0 Å². The van der Waals surface area contributed by atoms with E-state index >= 15 is 0 Å². The van der Waals surface area contributed by atoms with Crippen molar-refractivity contribution in [3.8, 4) is 5.75 Å². The Balaban J connectivity index is 1.61. The Bertz CT molecular complexity index is 1100. The number of amides is 1. The molecule has 1 heterocycles. The standard InChI is InChI=1S/C24H27N3O3S/c1-14-11-15(2)21(16(3)12-14)27-23(29)22-17(4)26-24(31-22)25-10-9-20(28)18-7-6-8-19(13-18)30-5/h6-8,11-13H,9-10H2,1-5H3,(H,25,26)(H,27,29). The van der Waals surface area contributed by atoms with Crippen molar-refractivity contribution < 1.29 is 14.3 Å². The number of carbonyl (C=O) groups is 2. The molecule has 2 N–H and O–H groups in total. The van der Waals surface area contributed by atoms with Crippen molar-refractivity contribution in [2.24, 2.45) is 0 Å². The highest BCUT2D eigenvalue weighted by Gasteiger charge is 2.17. The molecule has 162 valence electrons. The van der Waals surface area contributed by atoms with Gasteiger partial charge in [0.1, 0.15) is 10.6 Å². The summed E-state index contributed by atoms with van der Waals surface area (Å²) in [4.78, 5) is 30.2. The lowest BCUT2D eigenvalue weighted by molar-refractivity contribution is 0.0984. The van der Waals surface area contributed by atoms with E-state index in [9.17, 15) is 9.59 Å². The van der Waals surface area contributed by atoms with E-state index in [1.165, 1.54) is 11.3 Å². The topological polar surface area (TPSA) is 80.3 Å². The molecule has 7 heteroatoms. The van der Waals surface area contributed by atoms with Crippen molar-refractivity contribution in [1.82, 2.24) is 4.98 Å². The smallest absolute Gasteiger partial charge is 0.267 e. The van der Waals surface area contributed by atoms with Crippen LogP contribution in [0.15, 0.2) is 36.4 Å². The number of aryl methyl sites for hydroxylation is 4. The first-order valence-electron chi connectivity index (χ1n) is 10.1. The summed E-state index contributed by atoms with van der Waals surface area (Å²) >= 11 is 1.29. The van der Waals surface area contributed by atoms with E-state index in [4.69, 9.17) is 4.74 Å². The number of methoxy groups -OCH3 is 1. The van der Waals surface area contributed by atoms with Crippen LogP contribution >= 0.6 is 11.3 Å². The molecule has 0 atom stereocenters. The zero-order valence-corrected chi connectivity index (χ0v) is 19.3.